The van der Waals surface area contributed by atoms with E-state index in [-0.39, 0.29) is 24.5 Å². The number of aliphatic hydroxyl groups excluding tert-OH is 1. The average Bonchev–Trinajstić information content (AvgIpc) is 2.65. The first-order chi connectivity index (χ1) is 8.38. The molecule has 1 rings (SSSR count). The standard InChI is InChI=1S/C12H22N2O4/c1-12(2,3)10(17-5)11-13-9(18-14-11)6-8(15)7-16-4/h8,10,15H,6-7H2,1-5H3. The molecule has 0 aromatic carbocycles. The van der Waals surface area contributed by atoms with Crippen molar-refractivity contribution in [2.75, 3.05) is 20.8 Å². The Balaban J connectivity index is 2.73. The second-order valence-electron chi connectivity index (χ2n) is 5.34. The van der Waals surface area contributed by atoms with E-state index in [1.54, 1.807) is 7.11 Å². The molecular weight excluding hydrogens is 236 g/mol. The lowest BCUT2D eigenvalue weighted by atomic mass is 9.88. The van der Waals surface area contributed by atoms with Crippen LogP contribution in [0.15, 0.2) is 4.52 Å². The highest BCUT2D eigenvalue weighted by Crippen LogP contribution is 2.33. The summed E-state index contributed by atoms with van der Waals surface area (Å²) in [6, 6.07) is 0. The van der Waals surface area contributed by atoms with Crippen molar-refractivity contribution in [3.63, 3.8) is 0 Å². The van der Waals surface area contributed by atoms with Gasteiger partial charge in [0.15, 0.2) is 0 Å². The quantitative estimate of drug-likeness (QED) is 0.830. The molecule has 2 unspecified atom stereocenters. The fourth-order valence-electron chi connectivity index (χ4n) is 1.76. The van der Waals surface area contributed by atoms with Crippen molar-refractivity contribution in [1.29, 1.82) is 0 Å². The van der Waals surface area contributed by atoms with Crippen LogP contribution in [-0.2, 0) is 15.9 Å². The van der Waals surface area contributed by atoms with Gasteiger partial charge < -0.3 is 19.1 Å². The number of nitrogens with zero attached hydrogens (tertiary/aromatic N) is 2. The van der Waals surface area contributed by atoms with Crippen molar-refractivity contribution in [1.82, 2.24) is 10.1 Å². The van der Waals surface area contributed by atoms with E-state index >= 15 is 0 Å². The largest absolute Gasteiger partial charge is 0.390 e. The van der Waals surface area contributed by atoms with Gasteiger partial charge in [-0.1, -0.05) is 25.9 Å². The van der Waals surface area contributed by atoms with Gasteiger partial charge in [0, 0.05) is 14.2 Å². The van der Waals surface area contributed by atoms with E-state index in [2.05, 4.69) is 10.1 Å². The van der Waals surface area contributed by atoms with Crippen LogP contribution in [0.2, 0.25) is 0 Å². The first-order valence-electron chi connectivity index (χ1n) is 5.90. The third-order valence-corrected chi connectivity index (χ3v) is 2.51. The van der Waals surface area contributed by atoms with Gasteiger partial charge >= 0.3 is 0 Å². The summed E-state index contributed by atoms with van der Waals surface area (Å²) in [5.74, 6) is 0.894. The Bertz CT molecular complexity index is 359. The minimum atomic E-state index is -0.640. The zero-order chi connectivity index (χ0) is 13.8. The van der Waals surface area contributed by atoms with E-state index in [4.69, 9.17) is 14.0 Å². The monoisotopic (exact) mass is 258 g/mol. The van der Waals surface area contributed by atoms with Gasteiger partial charge in [-0.15, -0.1) is 0 Å². The number of rotatable bonds is 6. The lowest BCUT2D eigenvalue weighted by Gasteiger charge is -2.26. The summed E-state index contributed by atoms with van der Waals surface area (Å²) in [5, 5.41) is 13.5. The zero-order valence-corrected chi connectivity index (χ0v) is 11.6. The van der Waals surface area contributed by atoms with Gasteiger partial charge in [-0.3, -0.25) is 0 Å². The first kappa shape index (κ1) is 15.1. The molecule has 0 spiro atoms. The minimum absolute atomic E-state index is 0.124. The molecule has 6 heteroatoms. The van der Waals surface area contributed by atoms with Gasteiger partial charge in [-0.2, -0.15) is 4.98 Å². The Morgan fingerprint density at radius 1 is 1.33 bits per heavy atom. The minimum Gasteiger partial charge on any atom is -0.390 e. The molecule has 0 amide bonds. The number of aromatic nitrogens is 2. The fraction of sp³-hybridized carbons (Fsp3) is 0.833. The second-order valence-corrected chi connectivity index (χ2v) is 5.34. The lowest BCUT2D eigenvalue weighted by Crippen LogP contribution is -2.21. The third-order valence-electron chi connectivity index (χ3n) is 2.51. The Morgan fingerprint density at radius 2 is 2.00 bits per heavy atom. The molecule has 1 aromatic rings. The van der Waals surface area contributed by atoms with Gasteiger partial charge in [-0.05, 0) is 5.41 Å². The van der Waals surface area contributed by atoms with Crippen LogP contribution in [-0.4, -0.2) is 42.2 Å². The van der Waals surface area contributed by atoms with E-state index in [1.807, 2.05) is 20.8 Å². The predicted molar refractivity (Wildman–Crippen MR) is 65.1 cm³/mol. The topological polar surface area (TPSA) is 77.6 Å². The second kappa shape index (κ2) is 6.26. The van der Waals surface area contributed by atoms with Crippen molar-refractivity contribution in [2.45, 2.75) is 39.4 Å². The van der Waals surface area contributed by atoms with Crippen LogP contribution in [0.4, 0.5) is 0 Å². The maximum Gasteiger partial charge on any atom is 0.229 e. The summed E-state index contributed by atoms with van der Waals surface area (Å²) in [7, 11) is 3.15. The molecule has 0 saturated heterocycles. The maximum atomic E-state index is 9.58. The molecule has 0 aliphatic rings. The molecule has 6 nitrogen and oxygen atoms in total. The molecule has 0 saturated carbocycles. The molecule has 104 valence electrons. The smallest absolute Gasteiger partial charge is 0.229 e. The summed E-state index contributed by atoms with van der Waals surface area (Å²) in [6.45, 7) is 6.36. The lowest BCUT2D eigenvalue weighted by molar-refractivity contribution is 0.00718. The first-order valence-corrected chi connectivity index (χ1v) is 5.90. The molecule has 0 aliphatic heterocycles. The van der Waals surface area contributed by atoms with E-state index in [0.29, 0.717) is 11.7 Å². The van der Waals surface area contributed by atoms with E-state index in [0.717, 1.165) is 0 Å². The van der Waals surface area contributed by atoms with Gasteiger partial charge in [0.05, 0.1) is 19.1 Å². The molecule has 1 heterocycles. The summed E-state index contributed by atoms with van der Waals surface area (Å²) < 4.78 is 15.3. The number of methoxy groups -OCH3 is 2. The van der Waals surface area contributed by atoms with E-state index < -0.39 is 6.10 Å². The van der Waals surface area contributed by atoms with E-state index in [1.165, 1.54) is 7.11 Å². The van der Waals surface area contributed by atoms with Crippen LogP contribution < -0.4 is 0 Å². The number of hydrogen-bond donors (Lipinski definition) is 1. The van der Waals surface area contributed by atoms with Crippen molar-refractivity contribution in [2.24, 2.45) is 5.41 Å². The highest BCUT2D eigenvalue weighted by Gasteiger charge is 2.30. The van der Waals surface area contributed by atoms with Crippen molar-refractivity contribution >= 4 is 0 Å². The van der Waals surface area contributed by atoms with Crippen molar-refractivity contribution in [3.05, 3.63) is 11.7 Å². The van der Waals surface area contributed by atoms with Crippen molar-refractivity contribution < 1.29 is 19.1 Å². The molecule has 1 N–H and O–H groups in total. The van der Waals surface area contributed by atoms with Crippen LogP contribution >= 0.6 is 0 Å². The van der Waals surface area contributed by atoms with Gasteiger partial charge in [-0.25, -0.2) is 0 Å². The summed E-state index contributed by atoms with van der Waals surface area (Å²) >= 11 is 0. The molecule has 1 aromatic heterocycles. The molecule has 18 heavy (non-hydrogen) atoms. The molecular formula is C12H22N2O4. The van der Waals surface area contributed by atoms with Crippen LogP contribution in [0, 0.1) is 5.41 Å². The summed E-state index contributed by atoms with van der Waals surface area (Å²) in [5.41, 5.74) is -0.124. The Morgan fingerprint density at radius 3 is 2.50 bits per heavy atom. The van der Waals surface area contributed by atoms with Crippen LogP contribution in [0.25, 0.3) is 0 Å². The predicted octanol–water partition coefficient (Wildman–Crippen LogP) is 1.35. The Labute approximate surface area is 107 Å². The number of aliphatic hydroxyl groups is 1. The number of ether oxygens (including phenoxy) is 2. The highest BCUT2D eigenvalue weighted by atomic mass is 16.5. The molecule has 0 fully saturated rings. The normalized spacial score (nSPS) is 15.7. The summed E-state index contributed by atoms with van der Waals surface area (Å²) in [4.78, 5) is 4.25. The fourth-order valence-corrected chi connectivity index (χ4v) is 1.76. The summed E-state index contributed by atoms with van der Waals surface area (Å²) in [6.07, 6.45) is -0.602. The van der Waals surface area contributed by atoms with Crippen molar-refractivity contribution in [3.8, 4) is 0 Å². The SMILES string of the molecule is COCC(O)Cc1nc(C(OC)C(C)(C)C)no1. The average molecular weight is 258 g/mol. The van der Waals surface area contributed by atoms with Gasteiger partial charge in [0.1, 0.15) is 6.10 Å². The van der Waals surface area contributed by atoms with Gasteiger partial charge in [0.25, 0.3) is 0 Å². The highest BCUT2D eigenvalue weighted by molar-refractivity contribution is 4.97. The van der Waals surface area contributed by atoms with Crippen LogP contribution in [0.1, 0.15) is 38.6 Å². The maximum absolute atomic E-state index is 9.58. The van der Waals surface area contributed by atoms with Crippen LogP contribution in [0.5, 0.6) is 0 Å². The molecule has 0 bridgehead atoms. The zero-order valence-electron chi connectivity index (χ0n) is 11.6. The number of hydrogen-bond acceptors (Lipinski definition) is 6. The Hall–Kier alpha value is -0.980. The van der Waals surface area contributed by atoms with Crippen LogP contribution in [0.3, 0.4) is 0 Å². The molecule has 2 atom stereocenters. The van der Waals surface area contributed by atoms with E-state index in [9.17, 15) is 5.11 Å². The Kier molecular flexibility index (Phi) is 5.25. The molecule has 0 aliphatic carbocycles. The third kappa shape index (κ3) is 4.04. The van der Waals surface area contributed by atoms with Gasteiger partial charge in [0.2, 0.25) is 11.7 Å². The molecule has 0 radical (unpaired) electrons.